The summed E-state index contributed by atoms with van der Waals surface area (Å²) >= 11 is 0. The minimum Gasteiger partial charge on any atom is -0.0622 e. The first kappa shape index (κ1) is 15.4. The molecule has 0 N–H and O–H groups in total. The Labute approximate surface area is 143 Å². The second-order valence-electron chi connectivity index (χ2n) is 5.20. The maximum absolute atomic E-state index is 3.19. The molecule has 0 aliphatic carbocycles. The third-order valence-electron chi connectivity index (χ3n) is 3.34. The molecule has 0 fully saturated rings. The predicted molar refractivity (Wildman–Crippen MR) is 101 cm³/mol. The summed E-state index contributed by atoms with van der Waals surface area (Å²) < 4.78 is 0. The molecule has 0 bridgehead atoms. The molecule has 0 aliphatic rings. The molecule has 24 heavy (non-hydrogen) atoms. The topological polar surface area (TPSA) is 0 Å². The Bertz CT molecular complexity index is 867. The van der Waals surface area contributed by atoms with E-state index in [1.807, 2.05) is 97.1 Å². The van der Waals surface area contributed by atoms with E-state index in [9.17, 15) is 0 Å². The molecule has 0 saturated carbocycles. The Morgan fingerprint density at radius 2 is 0.958 bits per heavy atom. The molecule has 0 heterocycles. The molecule has 0 unspecified atom stereocenters. The Hall–Kier alpha value is -3.48. The number of hydrogen-bond acceptors (Lipinski definition) is 0. The van der Waals surface area contributed by atoms with Gasteiger partial charge in [0.25, 0.3) is 0 Å². The van der Waals surface area contributed by atoms with Gasteiger partial charge in [-0.25, -0.2) is 0 Å². The van der Waals surface area contributed by atoms with Gasteiger partial charge in [-0.2, -0.15) is 0 Å². The van der Waals surface area contributed by atoms with Crippen LogP contribution in [0.25, 0.3) is 6.08 Å². The molecule has 3 aromatic rings. The van der Waals surface area contributed by atoms with Gasteiger partial charge in [0.1, 0.15) is 0 Å². The van der Waals surface area contributed by atoms with Crippen LogP contribution in [-0.4, -0.2) is 0 Å². The lowest BCUT2D eigenvalue weighted by atomic mass is 10.1. The molecule has 0 aromatic heterocycles. The Kier molecular flexibility index (Phi) is 5.29. The van der Waals surface area contributed by atoms with Gasteiger partial charge < -0.3 is 0 Å². The first-order valence-corrected chi connectivity index (χ1v) is 7.81. The zero-order chi connectivity index (χ0) is 16.5. The van der Waals surface area contributed by atoms with Crippen molar-refractivity contribution in [3.05, 3.63) is 113 Å². The van der Waals surface area contributed by atoms with Crippen LogP contribution in [0.4, 0.5) is 0 Å². The minimum absolute atomic E-state index is 0.800. The summed E-state index contributed by atoms with van der Waals surface area (Å²) in [5, 5.41) is 0. The summed E-state index contributed by atoms with van der Waals surface area (Å²) in [6.45, 7) is 0. The highest BCUT2D eigenvalue weighted by atomic mass is 13.9. The molecular formula is C24H16. The average Bonchev–Trinajstić information content (AvgIpc) is 2.66. The number of hydrogen-bond donors (Lipinski definition) is 0. The number of allylic oxidation sites excluding steroid dienone is 1. The van der Waals surface area contributed by atoms with Crippen molar-refractivity contribution in [1.82, 2.24) is 0 Å². The van der Waals surface area contributed by atoms with E-state index in [1.54, 1.807) is 0 Å². The van der Waals surface area contributed by atoms with Gasteiger partial charge in [-0.3, -0.25) is 0 Å². The molecule has 0 spiro atoms. The van der Waals surface area contributed by atoms with Crippen LogP contribution in [0.15, 0.2) is 96.6 Å². The number of benzene rings is 3. The molecule has 0 saturated heterocycles. The summed E-state index contributed by atoms with van der Waals surface area (Å²) in [7, 11) is 0. The van der Waals surface area contributed by atoms with Crippen LogP contribution in [0.2, 0.25) is 0 Å². The van der Waals surface area contributed by atoms with Crippen molar-refractivity contribution in [2.75, 3.05) is 0 Å². The normalized spacial score (nSPS) is 9.00. The maximum atomic E-state index is 3.19. The summed E-state index contributed by atoms with van der Waals surface area (Å²) in [4.78, 5) is 0. The highest BCUT2D eigenvalue weighted by Gasteiger charge is 1.91. The van der Waals surface area contributed by atoms with Crippen molar-refractivity contribution >= 4 is 6.08 Å². The first-order chi connectivity index (χ1) is 11.9. The average molecular weight is 304 g/mol. The van der Waals surface area contributed by atoms with Gasteiger partial charge in [-0.15, -0.1) is 0 Å². The highest BCUT2D eigenvalue weighted by Crippen LogP contribution is 2.07. The molecule has 0 atom stereocenters. The standard InChI is InChI=1S/C24H16/c1-4-10-21(11-5-1)16-18-24(20-23-14-8-3-9-15-23)19-17-22-12-6-2-7-13-22/h1-15,20H. The molecule has 0 radical (unpaired) electrons. The number of rotatable bonds is 1. The Morgan fingerprint density at radius 3 is 1.42 bits per heavy atom. The van der Waals surface area contributed by atoms with Crippen LogP contribution in [0.3, 0.4) is 0 Å². The SMILES string of the molecule is C(#Cc1ccccc1)C(C#Cc1ccccc1)=Cc1ccccc1. The van der Waals surface area contributed by atoms with E-state index in [2.05, 4.69) is 23.7 Å². The van der Waals surface area contributed by atoms with Crippen LogP contribution in [0.1, 0.15) is 16.7 Å². The fourth-order valence-electron chi connectivity index (χ4n) is 2.14. The molecule has 3 aromatic carbocycles. The van der Waals surface area contributed by atoms with Crippen molar-refractivity contribution in [3.8, 4) is 23.7 Å². The third kappa shape index (κ3) is 4.77. The lowest BCUT2D eigenvalue weighted by Gasteiger charge is -1.93. The fraction of sp³-hybridized carbons (Fsp3) is 0. The van der Waals surface area contributed by atoms with Crippen molar-refractivity contribution in [3.63, 3.8) is 0 Å². The predicted octanol–water partition coefficient (Wildman–Crippen LogP) is 5.17. The largest absolute Gasteiger partial charge is 0.0757 e. The van der Waals surface area contributed by atoms with Gasteiger partial charge in [0, 0.05) is 11.1 Å². The van der Waals surface area contributed by atoms with Crippen molar-refractivity contribution < 1.29 is 0 Å². The molecule has 0 aliphatic heterocycles. The second kappa shape index (κ2) is 8.23. The molecule has 112 valence electrons. The molecular weight excluding hydrogens is 288 g/mol. The first-order valence-electron chi connectivity index (χ1n) is 7.81. The Morgan fingerprint density at radius 1 is 0.542 bits per heavy atom. The van der Waals surface area contributed by atoms with Crippen LogP contribution < -0.4 is 0 Å². The third-order valence-corrected chi connectivity index (χ3v) is 3.34. The Balaban J connectivity index is 1.95. The highest BCUT2D eigenvalue weighted by molar-refractivity contribution is 5.66. The zero-order valence-electron chi connectivity index (χ0n) is 13.2. The molecule has 0 nitrogen and oxygen atoms in total. The molecule has 0 heteroatoms. The van der Waals surface area contributed by atoms with Crippen LogP contribution in [0, 0.1) is 23.7 Å². The van der Waals surface area contributed by atoms with Gasteiger partial charge in [0.15, 0.2) is 0 Å². The monoisotopic (exact) mass is 304 g/mol. The van der Waals surface area contributed by atoms with Crippen molar-refractivity contribution in [2.45, 2.75) is 0 Å². The van der Waals surface area contributed by atoms with Crippen molar-refractivity contribution in [1.29, 1.82) is 0 Å². The minimum atomic E-state index is 0.800. The summed E-state index contributed by atoms with van der Waals surface area (Å²) in [5.41, 5.74) is 3.86. The van der Waals surface area contributed by atoms with E-state index in [0.29, 0.717) is 0 Å². The van der Waals surface area contributed by atoms with Crippen LogP contribution >= 0.6 is 0 Å². The van der Waals surface area contributed by atoms with Gasteiger partial charge in [0.05, 0.1) is 5.57 Å². The van der Waals surface area contributed by atoms with Gasteiger partial charge >= 0.3 is 0 Å². The maximum Gasteiger partial charge on any atom is 0.0757 e. The quantitative estimate of drug-likeness (QED) is 0.544. The lowest BCUT2D eigenvalue weighted by molar-refractivity contribution is 1.63. The van der Waals surface area contributed by atoms with E-state index < -0.39 is 0 Å². The molecule has 3 rings (SSSR count). The van der Waals surface area contributed by atoms with Crippen molar-refractivity contribution in [2.24, 2.45) is 0 Å². The summed E-state index contributed by atoms with van der Waals surface area (Å²) in [6, 6.07) is 30.0. The van der Waals surface area contributed by atoms with Crippen LogP contribution in [0.5, 0.6) is 0 Å². The smallest absolute Gasteiger partial charge is 0.0622 e. The second-order valence-corrected chi connectivity index (χ2v) is 5.20. The fourth-order valence-corrected chi connectivity index (χ4v) is 2.14. The van der Waals surface area contributed by atoms with E-state index in [-0.39, 0.29) is 0 Å². The van der Waals surface area contributed by atoms with Gasteiger partial charge in [-0.05, 0) is 35.9 Å². The van der Waals surface area contributed by atoms with E-state index in [4.69, 9.17) is 0 Å². The van der Waals surface area contributed by atoms with Gasteiger partial charge in [-0.1, -0.05) is 90.4 Å². The van der Waals surface area contributed by atoms with Crippen LogP contribution in [-0.2, 0) is 0 Å². The lowest BCUT2D eigenvalue weighted by Crippen LogP contribution is -1.79. The van der Waals surface area contributed by atoms with Gasteiger partial charge in [0.2, 0.25) is 0 Å². The summed E-state index contributed by atoms with van der Waals surface area (Å²) in [6.07, 6.45) is 2.02. The van der Waals surface area contributed by atoms with E-state index >= 15 is 0 Å². The van der Waals surface area contributed by atoms with E-state index in [1.165, 1.54) is 0 Å². The molecule has 0 amide bonds. The zero-order valence-corrected chi connectivity index (χ0v) is 13.2. The summed E-state index contributed by atoms with van der Waals surface area (Å²) in [5.74, 6) is 12.7. The van der Waals surface area contributed by atoms with E-state index in [0.717, 1.165) is 22.3 Å².